The highest BCUT2D eigenvalue weighted by atomic mass is 35.5. The largest absolute Gasteiger partial charge is 0.326 e. The maximum absolute atomic E-state index is 12.8. The average Bonchev–Trinajstić information content (AvgIpc) is 3.00. The summed E-state index contributed by atoms with van der Waals surface area (Å²) in [5.41, 5.74) is 2.09. The third-order valence-electron chi connectivity index (χ3n) is 5.14. The highest BCUT2D eigenvalue weighted by Crippen LogP contribution is 2.28. The van der Waals surface area contributed by atoms with E-state index >= 15 is 0 Å². The molecule has 1 aliphatic rings. The first kappa shape index (κ1) is 19.5. The number of nitrogens with zero attached hydrogens (tertiary/aromatic N) is 2. The van der Waals surface area contributed by atoms with E-state index in [0.717, 1.165) is 11.0 Å². The number of H-pyrrole nitrogens is 1. The summed E-state index contributed by atoms with van der Waals surface area (Å²) in [5.74, 6) is -0.123. The Labute approximate surface area is 172 Å². The average molecular weight is 440 g/mol. The van der Waals surface area contributed by atoms with Crippen LogP contribution < -0.4 is 5.69 Å². The zero-order valence-corrected chi connectivity index (χ0v) is 17.3. The lowest BCUT2D eigenvalue weighted by Gasteiger charge is -2.31. The second kappa shape index (κ2) is 7.55. The van der Waals surface area contributed by atoms with E-state index in [2.05, 4.69) is 4.98 Å². The number of imidazole rings is 1. The summed E-state index contributed by atoms with van der Waals surface area (Å²) >= 11 is 11.9. The first-order chi connectivity index (χ1) is 13.3. The van der Waals surface area contributed by atoms with Crippen LogP contribution in [0, 0.1) is 0 Å². The minimum atomic E-state index is -3.47. The normalized spacial score (nSPS) is 16.6. The van der Waals surface area contributed by atoms with Gasteiger partial charge < -0.3 is 4.98 Å². The van der Waals surface area contributed by atoms with Crippen LogP contribution in [0.2, 0.25) is 10.0 Å². The van der Waals surface area contributed by atoms with Gasteiger partial charge >= 0.3 is 5.69 Å². The maximum Gasteiger partial charge on any atom is 0.326 e. The molecule has 9 heteroatoms. The molecule has 0 amide bonds. The number of halogens is 2. The molecule has 0 bridgehead atoms. The molecule has 2 aromatic carbocycles. The number of hydrogen-bond acceptors (Lipinski definition) is 3. The fourth-order valence-electron chi connectivity index (χ4n) is 3.75. The zero-order chi connectivity index (χ0) is 19.9. The molecule has 1 N–H and O–H groups in total. The SMILES string of the molecule is O=c1[nH]c2ccccc2n1C1CCN(S(=O)(=O)Cc2ccc(Cl)c(Cl)c2)CC1. The lowest BCUT2D eigenvalue weighted by molar-refractivity contribution is 0.274. The van der Waals surface area contributed by atoms with E-state index < -0.39 is 10.0 Å². The van der Waals surface area contributed by atoms with Crippen LogP contribution in [-0.4, -0.2) is 35.4 Å². The molecule has 148 valence electrons. The van der Waals surface area contributed by atoms with Crippen molar-refractivity contribution in [1.29, 1.82) is 0 Å². The molecule has 1 aliphatic heterocycles. The molecule has 1 aromatic heterocycles. The molecule has 0 saturated carbocycles. The first-order valence-electron chi connectivity index (χ1n) is 8.96. The number of hydrogen-bond donors (Lipinski definition) is 1. The van der Waals surface area contributed by atoms with Crippen molar-refractivity contribution in [3.63, 3.8) is 0 Å². The lowest BCUT2D eigenvalue weighted by atomic mass is 10.1. The molecule has 3 aromatic rings. The quantitative estimate of drug-likeness (QED) is 0.671. The fourth-order valence-corrected chi connectivity index (χ4v) is 5.62. The van der Waals surface area contributed by atoms with E-state index in [9.17, 15) is 13.2 Å². The fraction of sp³-hybridized carbons (Fsp3) is 0.316. The van der Waals surface area contributed by atoms with Gasteiger partial charge in [0, 0.05) is 19.1 Å². The second-order valence-electron chi connectivity index (χ2n) is 6.95. The Hall–Kier alpha value is -1.80. The van der Waals surface area contributed by atoms with Crippen LogP contribution in [-0.2, 0) is 15.8 Å². The minimum absolute atomic E-state index is 0.0277. The van der Waals surface area contributed by atoms with E-state index in [-0.39, 0.29) is 17.5 Å². The summed E-state index contributed by atoms with van der Waals surface area (Å²) in [6, 6.07) is 12.4. The third-order valence-corrected chi connectivity index (χ3v) is 7.73. The summed E-state index contributed by atoms with van der Waals surface area (Å²) in [6.07, 6.45) is 1.17. The van der Waals surface area contributed by atoms with Crippen LogP contribution >= 0.6 is 23.2 Å². The van der Waals surface area contributed by atoms with Crippen LogP contribution in [0.4, 0.5) is 0 Å². The molecule has 4 rings (SSSR count). The second-order valence-corrected chi connectivity index (χ2v) is 9.74. The Balaban J connectivity index is 1.49. The monoisotopic (exact) mass is 439 g/mol. The number of fused-ring (bicyclic) bond motifs is 1. The molecule has 0 spiro atoms. The van der Waals surface area contributed by atoms with Crippen molar-refractivity contribution in [2.45, 2.75) is 24.6 Å². The van der Waals surface area contributed by atoms with Crippen LogP contribution in [0.5, 0.6) is 0 Å². The molecular formula is C19H19Cl2N3O3S. The Morgan fingerprint density at radius 1 is 1.04 bits per heavy atom. The third kappa shape index (κ3) is 3.72. The molecule has 0 atom stereocenters. The summed E-state index contributed by atoms with van der Waals surface area (Å²) in [6.45, 7) is 0.751. The van der Waals surface area contributed by atoms with E-state index in [1.54, 1.807) is 22.8 Å². The van der Waals surface area contributed by atoms with Gasteiger partial charge in [-0.3, -0.25) is 4.57 Å². The van der Waals surface area contributed by atoms with E-state index in [1.165, 1.54) is 4.31 Å². The molecule has 0 unspecified atom stereocenters. The summed E-state index contributed by atoms with van der Waals surface area (Å²) < 4.78 is 28.8. The number of aromatic nitrogens is 2. The number of nitrogens with one attached hydrogen (secondary N) is 1. The molecule has 28 heavy (non-hydrogen) atoms. The summed E-state index contributed by atoms with van der Waals surface area (Å²) in [7, 11) is -3.47. The predicted octanol–water partition coefficient (Wildman–Crippen LogP) is 3.80. The van der Waals surface area contributed by atoms with E-state index in [4.69, 9.17) is 23.2 Å². The molecule has 0 aliphatic carbocycles. The molecule has 1 fully saturated rings. The number of benzene rings is 2. The van der Waals surface area contributed by atoms with E-state index in [0.29, 0.717) is 41.5 Å². The molecule has 0 radical (unpaired) electrons. The number of piperidine rings is 1. The van der Waals surface area contributed by atoms with Crippen LogP contribution in [0.25, 0.3) is 11.0 Å². The van der Waals surface area contributed by atoms with Crippen molar-refractivity contribution in [3.05, 3.63) is 68.6 Å². The van der Waals surface area contributed by atoms with Gasteiger partial charge in [0.15, 0.2) is 0 Å². The number of sulfonamides is 1. The summed E-state index contributed by atoms with van der Waals surface area (Å²) in [4.78, 5) is 15.2. The Morgan fingerprint density at radius 2 is 1.75 bits per heavy atom. The van der Waals surface area contributed by atoms with Gasteiger partial charge in [0.25, 0.3) is 0 Å². The Morgan fingerprint density at radius 3 is 2.46 bits per heavy atom. The molecule has 6 nitrogen and oxygen atoms in total. The van der Waals surface area contributed by atoms with Gasteiger partial charge in [0.05, 0.1) is 26.8 Å². The van der Waals surface area contributed by atoms with Crippen molar-refractivity contribution in [3.8, 4) is 0 Å². The van der Waals surface area contributed by atoms with Gasteiger partial charge in [-0.05, 0) is 42.7 Å². The van der Waals surface area contributed by atoms with Gasteiger partial charge in [-0.1, -0.05) is 41.4 Å². The lowest BCUT2D eigenvalue weighted by Crippen LogP contribution is -2.41. The highest BCUT2D eigenvalue weighted by molar-refractivity contribution is 7.88. The Bertz CT molecular complexity index is 1180. The first-order valence-corrected chi connectivity index (χ1v) is 11.3. The number of aromatic amines is 1. The van der Waals surface area contributed by atoms with Crippen molar-refractivity contribution in [1.82, 2.24) is 13.9 Å². The maximum atomic E-state index is 12.8. The van der Waals surface area contributed by atoms with Gasteiger partial charge in [-0.25, -0.2) is 17.5 Å². The van der Waals surface area contributed by atoms with E-state index in [1.807, 2.05) is 24.3 Å². The van der Waals surface area contributed by atoms with Gasteiger partial charge in [0.1, 0.15) is 0 Å². The summed E-state index contributed by atoms with van der Waals surface area (Å²) in [5, 5.41) is 0.736. The standard InChI is InChI=1S/C19H19Cl2N3O3S/c20-15-6-5-13(11-16(15)21)12-28(26,27)23-9-7-14(8-10-23)24-18-4-2-1-3-17(18)22-19(24)25/h1-6,11,14H,7-10,12H2,(H,22,25). The number of rotatable bonds is 4. The van der Waals surface area contributed by atoms with Crippen molar-refractivity contribution in [2.75, 3.05) is 13.1 Å². The van der Waals surface area contributed by atoms with Crippen LogP contribution in [0.15, 0.2) is 47.3 Å². The van der Waals surface area contributed by atoms with Crippen LogP contribution in [0.3, 0.4) is 0 Å². The topological polar surface area (TPSA) is 75.2 Å². The van der Waals surface area contributed by atoms with Gasteiger partial charge in [-0.2, -0.15) is 0 Å². The van der Waals surface area contributed by atoms with Crippen molar-refractivity contribution in [2.24, 2.45) is 0 Å². The predicted molar refractivity (Wildman–Crippen MR) is 111 cm³/mol. The minimum Gasteiger partial charge on any atom is -0.306 e. The highest BCUT2D eigenvalue weighted by Gasteiger charge is 2.30. The van der Waals surface area contributed by atoms with Crippen LogP contribution in [0.1, 0.15) is 24.4 Å². The van der Waals surface area contributed by atoms with Crippen molar-refractivity contribution >= 4 is 44.3 Å². The Kier molecular flexibility index (Phi) is 5.26. The van der Waals surface area contributed by atoms with Gasteiger partial charge in [-0.15, -0.1) is 0 Å². The van der Waals surface area contributed by atoms with Crippen molar-refractivity contribution < 1.29 is 8.42 Å². The van der Waals surface area contributed by atoms with Gasteiger partial charge in [0.2, 0.25) is 10.0 Å². The smallest absolute Gasteiger partial charge is 0.306 e. The molecular weight excluding hydrogens is 421 g/mol. The zero-order valence-electron chi connectivity index (χ0n) is 14.9. The molecule has 2 heterocycles. The number of para-hydroxylation sites is 2. The molecule has 1 saturated heterocycles.